The Bertz CT molecular complexity index is 470. The Hall–Kier alpha value is -1.02. The summed E-state index contributed by atoms with van der Waals surface area (Å²) in [6.45, 7) is 11.6. The lowest BCUT2D eigenvalue weighted by Crippen LogP contribution is -2.38. The van der Waals surface area contributed by atoms with E-state index < -0.39 is 0 Å². The van der Waals surface area contributed by atoms with Crippen LogP contribution in [0, 0.1) is 13.8 Å². The number of phenolic OH excluding ortho intramolecular Hbond substituents is 1. The van der Waals surface area contributed by atoms with E-state index in [9.17, 15) is 5.11 Å². The SMILES string of the molecule is CCNC(=NCc1cc(C)c(O)c(C)c1)NCCCOCC.I. The van der Waals surface area contributed by atoms with Gasteiger partial charge in [-0.05, 0) is 50.8 Å². The van der Waals surface area contributed by atoms with Gasteiger partial charge in [-0.3, -0.25) is 0 Å². The summed E-state index contributed by atoms with van der Waals surface area (Å²) in [5, 5.41) is 16.3. The Balaban J connectivity index is 0.00000484. The van der Waals surface area contributed by atoms with Crippen LogP contribution in [0.2, 0.25) is 0 Å². The first-order valence-electron chi connectivity index (χ1n) is 7.97. The van der Waals surface area contributed by atoms with Gasteiger partial charge >= 0.3 is 0 Å². The van der Waals surface area contributed by atoms with Crippen LogP contribution in [-0.4, -0.2) is 37.4 Å². The third-order valence-electron chi connectivity index (χ3n) is 3.28. The molecule has 0 spiro atoms. The van der Waals surface area contributed by atoms with Gasteiger partial charge in [0, 0.05) is 26.3 Å². The number of hydrogen-bond donors (Lipinski definition) is 3. The van der Waals surface area contributed by atoms with Crippen molar-refractivity contribution in [3.05, 3.63) is 28.8 Å². The Morgan fingerprint density at radius 2 is 1.83 bits per heavy atom. The van der Waals surface area contributed by atoms with E-state index in [2.05, 4.69) is 15.6 Å². The highest BCUT2D eigenvalue weighted by Crippen LogP contribution is 2.23. The molecule has 1 rings (SSSR count). The van der Waals surface area contributed by atoms with E-state index in [0.29, 0.717) is 12.3 Å². The fraction of sp³-hybridized carbons (Fsp3) is 0.588. The van der Waals surface area contributed by atoms with Crippen molar-refractivity contribution in [2.24, 2.45) is 4.99 Å². The van der Waals surface area contributed by atoms with Crippen molar-refractivity contribution in [1.82, 2.24) is 10.6 Å². The molecule has 0 saturated carbocycles. The number of ether oxygens (including phenoxy) is 1. The van der Waals surface area contributed by atoms with Crippen LogP contribution in [0.5, 0.6) is 5.75 Å². The fourth-order valence-electron chi connectivity index (χ4n) is 2.17. The van der Waals surface area contributed by atoms with E-state index >= 15 is 0 Å². The van der Waals surface area contributed by atoms with Gasteiger partial charge in [-0.25, -0.2) is 4.99 Å². The minimum atomic E-state index is 0. The van der Waals surface area contributed by atoms with Gasteiger partial charge in [0.15, 0.2) is 5.96 Å². The van der Waals surface area contributed by atoms with Crippen LogP contribution in [0.3, 0.4) is 0 Å². The minimum Gasteiger partial charge on any atom is -0.507 e. The molecular weight excluding hydrogens is 405 g/mol. The highest BCUT2D eigenvalue weighted by Gasteiger charge is 2.03. The van der Waals surface area contributed by atoms with Crippen LogP contribution in [0.1, 0.15) is 37.0 Å². The Morgan fingerprint density at radius 1 is 1.17 bits per heavy atom. The summed E-state index contributed by atoms with van der Waals surface area (Å²) in [6.07, 6.45) is 0.954. The molecule has 0 unspecified atom stereocenters. The zero-order valence-electron chi connectivity index (χ0n) is 14.6. The van der Waals surface area contributed by atoms with Gasteiger partial charge in [-0.15, -0.1) is 24.0 Å². The average Bonchev–Trinajstić information content (AvgIpc) is 2.49. The molecule has 0 saturated heterocycles. The number of nitrogens with one attached hydrogen (secondary N) is 2. The number of aromatic hydroxyl groups is 1. The smallest absolute Gasteiger partial charge is 0.191 e. The summed E-state index contributed by atoms with van der Waals surface area (Å²) >= 11 is 0. The van der Waals surface area contributed by atoms with Crippen molar-refractivity contribution in [3.63, 3.8) is 0 Å². The van der Waals surface area contributed by atoms with Gasteiger partial charge in [0.1, 0.15) is 5.75 Å². The molecule has 0 aliphatic heterocycles. The van der Waals surface area contributed by atoms with Gasteiger partial charge in [0.2, 0.25) is 0 Å². The Morgan fingerprint density at radius 3 is 2.39 bits per heavy atom. The van der Waals surface area contributed by atoms with Gasteiger partial charge in [-0.1, -0.05) is 12.1 Å². The molecule has 0 aromatic heterocycles. The van der Waals surface area contributed by atoms with E-state index in [0.717, 1.165) is 55.4 Å². The Labute approximate surface area is 156 Å². The number of rotatable bonds is 8. The molecule has 132 valence electrons. The number of aliphatic imine (C=N–C) groups is 1. The van der Waals surface area contributed by atoms with Crippen LogP contribution >= 0.6 is 24.0 Å². The lowest BCUT2D eigenvalue weighted by molar-refractivity contribution is 0.145. The second-order valence-electron chi connectivity index (χ2n) is 5.25. The van der Waals surface area contributed by atoms with Crippen molar-refractivity contribution in [3.8, 4) is 5.75 Å². The number of hydrogen-bond acceptors (Lipinski definition) is 3. The summed E-state index contributed by atoms with van der Waals surface area (Å²) in [6, 6.07) is 3.95. The largest absolute Gasteiger partial charge is 0.507 e. The molecule has 6 heteroatoms. The van der Waals surface area contributed by atoms with Crippen LogP contribution in [0.4, 0.5) is 0 Å². The van der Waals surface area contributed by atoms with Gasteiger partial charge in [0.05, 0.1) is 6.54 Å². The van der Waals surface area contributed by atoms with Gasteiger partial charge in [-0.2, -0.15) is 0 Å². The van der Waals surface area contributed by atoms with Crippen molar-refractivity contribution in [1.29, 1.82) is 0 Å². The number of phenols is 1. The molecule has 5 nitrogen and oxygen atoms in total. The highest BCUT2D eigenvalue weighted by atomic mass is 127. The molecule has 1 aromatic carbocycles. The number of nitrogens with zero attached hydrogens (tertiary/aromatic N) is 1. The maximum atomic E-state index is 9.81. The summed E-state index contributed by atoms with van der Waals surface area (Å²) in [7, 11) is 0. The van der Waals surface area contributed by atoms with E-state index in [4.69, 9.17) is 4.74 Å². The van der Waals surface area contributed by atoms with E-state index in [1.165, 1.54) is 0 Å². The van der Waals surface area contributed by atoms with E-state index in [-0.39, 0.29) is 24.0 Å². The molecule has 0 aliphatic rings. The number of halogens is 1. The summed E-state index contributed by atoms with van der Waals surface area (Å²) < 4.78 is 5.32. The van der Waals surface area contributed by atoms with Gasteiger partial charge in [0.25, 0.3) is 0 Å². The van der Waals surface area contributed by atoms with Crippen LogP contribution < -0.4 is 10.6 Å². The third kappa shape index (κ3) is 8.41. The predicted octanol–water partition coefficient (Wildman–Crippen LogP) is 3.11. The molecular formula is C17H30IN3O2. The van der Waals surface area contributed by atoms with E-state index in [1.54, 1.807) is 0 Å². The zero-order chi connectivity index (χ0) is 16.4. The third-order valence-corrected chi connectivity index (χ3v) is 3.28. The summed E-state index contributed by atoms with van der Waals surface area (Å²) in [4.78, 5) is 4.59. The number of guanidine groups is 1. The lowest BCUT2D eigenvalue weighted by Gasteiger charge is -2.12. The predicted molar refractivity (Wildman–Crippen MR) is 107 cm³/mol. The van der Waals surface area contributed by atoms with Crippen molar-refractivity contribution in [2.45, 2.75) is 40.7 Å². The molecule has 1 aromatic rings. The first-order valence-corrected chi connectivity index (χ1v) is 7.97. The fourth-order valence-corrected chi connectivity index (χ4v) is 2.17. The summed E-state index contributed by atoms with van der Waals surface area (Å²) in [5.41, 5.74) is 2.87. The van der Waals surface area contributed by atoms with E-state index in [1.807, 2.05) is 39.8 Å². The molecule has 0 bridgehead atoms. The Kier molecular flexibility index (Phi) is 11.9. The molecule has 0 radical (unpaired) electrons. The number of benzene rings is 1. The first kappa shape index (κ1) is 22.0. The molecule has 0 amide bonds. The molecule has 23 heavy (non-hydrogen) atoms. The van der Waals surface area contributed by atoms with Crippen LogP contribution in [0.15, 0.2) is 17.1 Å². The molecule has 3 N–H and O–H groups in total. The summed E-state index contributed by atoms with van der Waals surface area (Å²) in [5.74, 6) is 1.18. The molecule has 0 atom stereocenters. The lowest BCUT2D eigenvalue weighted by atomic mass is 10.1. The minimum absolute atomic E-state index is 0. The monoisotopic (exact) mass is 435 g/mol. The maximum Gasteiger partial charge on any atom is 0.191 e. The topological polar surface area (TPSA) is 65.9 Å². The number of aryl methyl sites for hydroxylation is 2. The zero-order valence-corrected chi connectivity index (χ0v) is 16.9. The quantitative estimate of drug-likeness (QED) is 0.254. The van der Waals surface area contributed by atoms with Crippen molar-refractivity contribution < 1.29 is 9.84 Å². The van der Waals surface area contributed by atoms with Crippen LogP contribution in [-0.2, 0) is 11.3 Å². The standard InChI is InChI=1S/C17H29N3O2.HI/c1-5-18-17(19-8-7-9-22-6-2)20-12-15-10-13(3)16(21)14(4)11-15;/h10-11,21H,5-9,12H2,1-4H3,(H2,18,19,20);1H. The molecule has 0 heterocycles. The second kappa shape index (κ2) is 12.4. The average molecular weight is 435 g/mol. The second-order valence-corrected chi connectivity index (χ2v) is 5.25. The van der Waals surface area contributed by atoms with Crippen molar-refractivity contribution >= 4 is 29.9 Å². The van der Waals surface area contributed by atoms with Crippen LogP contribution in [0.25, 0.3) is 0 Å². The molecule has 0 fully saturated rings. The normalized spacial score (nSPS) is 11.0. The first-order chi connectivity index (χ1) is 10.6. The maximum absolute atomic E-state index is 9.81. The highest BCUT2D eigenvalue weighted by molar-refractivity contribution is 14.0. The molecule has 0 aliphatic carbocycles. The van der Waals surface area contributed by atoms with Gasteiger partial charge < -0.3 is 20.5 Å². The van der Waals surface area contributed by atoms with Crippen molar-refractivity contribution in [2.75, 3.05) is 26.3 Å².